The molecule has 0 spiro atoms. The minimum atomic E-state index is -0.0317. The summed E-state index contributed by atoms with van der Waals surface area (Å²) in [4.78, 5) is 12.7. The number of anilines is 3. The van der Waals surface area contributed by atoms with Gasteiger partial charge in [0.05, 0.1) is 6.04 Å². The van der Waals surface area contributed by atoms with Crippen LogP contribution in [0, 0.1) is 0 Å². The van der Waals surface area contributed by atoms with E-state index in [2.05, 4.69) is 35.8 Å². The highest BCUT2D eigenvalue weighted by Crippen LogP contribution is 2.39. The number of halogens is 1. The van der Waals surface area contributed by atoms with E-state index in [4.69, 9.17) is 11.6 Å². The van der Waals surface area contributed by atoms with Crippen molar-refractivity contribution < 1.29 is 0 Å². The minimum absolute atomic E-state index is 0.0317. The van der Waals surface area contributed by atoms with Crippen LogP contribution in [0.3, 0.4) is 0 Å². The summed E-state index contributed by atoms with van der Waals surface area (Å²) in [6.07, 6.45) is 3.91. The number of hydrogen-bond acceptors (Lipinski definition) is 6. The normalized spacial score (nSPS) is 15.0. The van der Waals surface area contributed by atoms with Crippen molar-refractivity contribution in [3.63, 3.8) is 0 Å². The summed E-state index contributed by atoms with van der Waals surface area (Å²) >= 11 is 6.24. The zero-order chi connectivity index (χ0) is 17.2. The van der Waals surface area contributed by atoms with E-state index in [9.17, 15) is 0 Å². The number of nitrogens with zero attached hydrogens (tertiary/aromatic N) is 4. The van der Waals surface area contributed by atoms with Gasteiger partial charge in [0.1, 0.15) is 6.33 Å². The Labute approximate surface area is 150 Å². The van der Waals surface area contributed by atoms with Crippen LogP contribution in [0.4, 0.5) is 17.7 Å². The summed E-state index contributed by atoms with van der Waals surface area (Å²) in [6.45, 7) is 2.01. The second-order valence-corrected chi connectivity index (χ2v) is 6.54. The Morgan fingerprint density at radius 1 is 1.20 bits per heavy atom. The molecule has 1 aliphatic rings. The van der Waals surface area contributed by atoms with E-state index in [1.54, 1.807) is 0 Å². The third-order valence-corrected chi connectivity index (χ3v) is 4.49. The molecule has 25 heavy (non-hydrogen) atoms. The molecule has 0 aliphatic heterocycles. The molecule has 1 saturated carbocycles. The molecule has 3 aromatic rings. The maximum atomic E-state index is 6.24. The molecule has 1 fully saturated rings. The van der Waals surface area contributed by atoms with E-state index >= 15 is 0 Å². The molecule has 0 amide bonds. The number of hydrogen-bond donors (Lipinski definition) is 3. The molecule has 1 aromatic carbocycles. The number of rotatable bonds is 6. The van der Waals surface area contributed by atoms with E-state index in [0.29, 0.717) is 28.7 Å². The summed E-state index contributed by atoms with van der Waals surface area (Å²) in [5.74, 6) is 2.24. The molecule has 2 heterocycles. The zero-order valence-electron chi connectivity index (χ0n) is 13.7. The highest BCUT2D eigenvalue weighted by atomic mass is 35.5. The predicted octanol–water partition coefficient (Wildman–Crippen LogP) is 4.04. The first-order valence-electron chi connectivity index (χ1n) is 8.21. The molecule has 8 heteroatoms. The van der Waals surface area contributed by atoms with Crippen molar-refractivity contribution in [2.45, 2.75) is 31.7 Å². The fourth-order valence-electron chi connectivity index (χ4n) is 2.64. The van der Waals surface area contributed by atoms with Gasteiger partial charge >= 0.3 is 0 Å². The quantitative estimate of drug-likeness (QED) is 0.618. The van der Waals surface area contributed by atoms with Gasteiger partial charge in [0, 0.05) is 22.7 Å². The Morgan fingerprint density at radius 2 is 2.00 bits per heavy atom. The highest BCUT2D eigenvalue weighted by Gasteiger charge is 2.25. The number of aromatic amines is 1. The zero-order valence-corrected chi connectivity index (χ0v) is 14.5. The number of benzene rings is 1. The second kappa shape index (κ2) is 6.68. The van der Waals surface area contributed by atoms with Gasteiger partial charge in [-0.15, -0.1) is 0 Å². The smallest absolute Gasteiger partial charge is 0.233 e. The molecule has 4 rings (SSSR count). The van der Waals surface area contributed by atoms with Gasteiger partial charge in [0.2, 0.25) is 11.9 Å². The van der Waals surface area contributed by atoms with E-state index in [0.717, 1.165) is 11.3 Å². The maximum Gasteiger partial charge on any atom is 0.233 e. The lowest BCUT2D eigenvalue weighted by molar-refractivity contribution is 0.855. The molecule has 7 nitrogen and oxygen atoms in total. The fraction of sp³-hybridized carbons (Fsp3) is 0.294. The maximum absolute atomic E-state index is 6.24. The number of nitrogens with one attached hydrogen (secondary N) is 3. The molecular weight excluding hydrogens is 338 g/mol. The van der Waals surface area contributed by atoms with E-state index in [1.807, 2.05) is 37.3 Å². The molecule has 1 atom stereocenters. The Balaban J connectivity index is 1.46. The van der Waals surface area contributed by atoms with Crippen molar-refractivity contribution in [1.82, 2.24) is 25.1 Å². The van der Waals surface area contributed by atoms with Crippen LogP contribution in [-0.2, 0) is 0 Å². The predicted molar refractivity (Wildman–Crippen MR) is 97.2 cm³/mol. The van der Waals surface area contributed by atoms with Crippen LogP contribution in [0.25, 0.3) is 0 Å². The van der Waals surface area contributed by atoms with Crippen molar-refractivity contribution in [3.05, 3.63) is 52.9 Å². The van der Waals surface area contributed by atoms with Gasteiger partial charge in [-0.25, -0.2) is 9.97 Å². The van der Waals surface area contributed by atoms with Crippen LogP contribution < -0.4 is 10.6 Å². The lowest BCUT2D eigenvalue weighted by Crippen LogP contribution is -2.11. The SMILES string of the molecule is CC(Nc1ncnc(Nc2cc(C3CC3)[nH]n2)n1)c1ccccc1Cl. The Morgan fingerprint density at radius 3 is 2.80 bits per heavy atom. The van der Waals surface area contributed by atoms with Crippen molar-refractivity contribution in [3.8, 4) is 0 Å². The lowest BCUT2D eigenvalue weighted by Gasteiger charge is -2.15. The minimum Gasteiger partial charge on any atom is -0.348 e. The Bertz CT molecular complexity index is 875. The second-order valence-electron chi connectivity index (χ2n) is 6.13. The molecular formula is C17H18ClN7. The number of H-pyrrole nitrogens is 1. The van der Waals surface area contributed by atoms with Gasteiger partial charge in [-0.3, -0.25) is 5.10 Å². The summed E-state index contributed by atoms with van der Waals surface area (Å²) in [7, 11) is 0. The number of aromatic nitrogens is 5. The van der Waals surface area contributed by atoms with Crippen LogP contribution >= 0.6 is 11.6 Å². The first kappa shape index (κ1) is 15.8. The highest BCUT2D eigenvalue weighted by molar-refractivity contribution is 6.31. The molecule has 0 bridgehead atoms. The molecule has 0 saturated heterocycles. The molecule has 0 radical (unpaired) electrons. The Kier molecular flexibility index (Phi) is 4.23. The van der Waals surface area contributed by atoms with Crippen LogP contribution in [0.2, 0.25) is 5.02 Å². The topological polar surface area (TPSA) is 91.4 Å². The summed E-state index contributed by atoms with van der Waals surface area (Å²) in [5.41, 5.74) is 2.14. The summed E-state index contributed by atoms with van der Waals surface area (Å²) < 4.78 is 0. The van der Waals surface area contributed by atoms with Crippen molar-refractivity contribution in [2.75, 3.05) is 10.6 Å². The largest absolute Gasteiger partial charge is 0.348 e. The first-order chi connectivity index (χ1) is 12.2. The van der Waals surface area contributed by atoms with Gasteiger partial charge in [-0.1, -0.05) is 29.8 Å². The van der Waals surface area contributed by atoms with Gasteiger partial charge in [-0.2, -0.15) is 10.1 Å². The molecule has 128 valence electrons. The van der Waals surface area contributed by atoms with Gasteiger partial charge in [-0.05, 0) is 31.4 Å². The van der Waals surface area contributed by atoms with E-state index in [-0.39, 0.29) is 6.04 Å². The van der Waals surface area contributed by atoms with Crippen molar-refractivity contribution in [1.29, 1.82) is 0 Å². The summed E-state index contributed by atoms with van der Waals surface area (Å²) in [5, 5.41) is 14.3. The third kappa shape index (κ3) is 3.71. The van der Waals surface area contributed by atoms with Crippen LogP contribution in [-0.4, -0.2) is 25.1 Å². The summed E-state index contributed by atoms with van der Waals surface area (Å²) in [6, 6.07) is 9.67. The van der Waals surface area contributed by atoms with Crippen molar-refractivity contribution >= 4 is 29.3 Å². The van der Waals surface area contributed by atoms with Crippen molar-refractivity contribution in [2.24, 2.45) is 0 Å². The average molecular weight is 356 g/mol. The van der Waals surface area contributed by atoms with Crippen LogP contribution in [0.5, 0.6) is 0 Å². The standard InChI is InChI=1S/C17H18ClN7/c1-10(12-4-2-3-5-13(12)18)21-16-19-9-20-17(23-16)22-15-8-14(24-25-15)11-6-7-11/h2-5,8-11H,6-7H2,1H3,(H3,19,20,21,22,23,24,25). The fourth-order valence-corrected chi connectivity index (χ4v) is 2.94. The molecule has 1 unspecified atom stereocenters. The van der Waals surface area contributed by atoms with Gasteiger partial charge < -0.3 is 10.6 Å². The third-order valence-electron chi connectivity index (χ3n) is 4.14. The Hall–Kier alpha value is -2.67. The van der Waals surface area contributed by atoms with Gasteiger partial charge in [0.15, 0.2) is 5.82 Å². The van der Waals surface area contributed by atoms with E-state index in [1.165, 1.54) is 19.2 Å². The lowest BCUT2D eigenvalue weighted by atomic mass is 10.1. The van der Waals surface area contributed by atoms with E-state index < -0.39 is 0 Å². The van der Waals surface area contributed by atoms with Gasteiger partial charge in [0.25, 0.3) is 0 Å². The molecule has 3 N–H and O–H groups in total. The first-order valence-corrected chi connectivity index (χ1v) is 8.59. The average Bonchev–Trinajstić information content (AvgIpc) is 3.35. The molecule has 2 aromatic heterocycles. The van der Waals surface area contributed by atoms with Crippen LogP contribution in [0.1, 0.15) is 43.0 Å². The molecule has 1 aliphatic carbocycles. The monoisotopic (exact) mass is 355 g/mol. The van der Waals surface area contributed by atoms with Crippen LogP contribution in [0.15, 0.2) is 36.7 Å².